The SMILES string of the molecule is COc1cccc2[nH]c(C(=O)N3CC4CCCC4C3C(=O)NC(CC3CC(C)(C)NC3=O)C(=O)C(=O)NC3CC3)cc12. The summed E-state index contributed by atoms with van der Waals surface area (Å²) in [6.45, 7) is 4.25. The Bertz CT molecular complexity index is 1440. The number of H-pyrrole nitrogens is 1. The number of aromatic amines is 1. The van der Waals surface area contributed by atoms with Gasteiger partial charge in [0.25, 0.3) is 11.8 Å². The van der Waals surface area contributed by atoms with E-state index in [4.69, 9.17) is 4.74 Å². The lowest BCUT2D eigenvalue weighted by Gasteiger charge is -2.29. The Morgan fingerprint density at radius 2 is 1.93 bits per heavy atom. The molecule has 224 valence electrons. The van der Waals surface area contributed by atoms with Gasteiger partial charge in [0.05, 0.1) is 13.2 Å². The minimum Gasteiger partial charge on any atom is -0.496 e. The fraction of sp³-hybridized carbons (Fsp3) is 0.581. The Labute approximate surface area is 244 Å². The monoisotopic (exact) mass is 577 g/mol. The zero-order valence-electron chi connectivity index (χ0n) is 24.3. The molecule has 5 unspecified atom stereocenters. The number of carbonyl (C=O) groups is 5. The molecule has 2 saturated carbocycles. The summed E-state index contributed by atoms with van der Waals surface area (Å²) in [6, 6.07) is 5.29. The lowest BCUT2D eigenvalue weighted by atomic mass is 9.89. The third kappa shape index (κ3) is 5.36. The maximum Gasteiger partial charge on any atom is 0.289 e. The summed E-state index contributed by atoms with van der Waals surface area (Å²) < 4.78 is 5.45. The van der Waals surface area contributed by atoms with Crippen LogP contribution in [-0.4, -0.2) is 76.6 Å². The van der Waals surface area contributed by atoms with E-state index in [1.807, 2.05) is 32.0 Å². The standard InChI is InChI=1S/C31H39N5O6/c1-31(2)14-17(27(38)35-31)12-22(26(37)29(40)32-18-10-11-18)34-28(39)25-19-7-4-6-16(19)15-36(25)30(41)23-13-20-21(33-23)8-5-9-24(20)42-3/h5,8-9,13,16-19,22,25,33H,4,6-7,10-12,14-15H2,1-3H3,(H,32,40)(H,34,39)(H,35,38). The molecule has 1 aromatic carbocycles. The van der Waals surface area contributed by atoms with Crippen molar-refractivity contribution >= 4 is 40.3 Å². The van der Waals surface area contributed by atoms with Crippen LogP contribution in [0.5, 0.6) is 5.75 Å². The van der Waals surface area contributed by atoms with Gasteiger partial charge in [-0.25, -0.2) is 0 Å². The van der Waals surface area contributed by atoms with Gasteiger partial charge in [0, 0.05) is 34.9 Å². The molecule has 0 radical (unpaired) electrons. The highest BCUT2D eigenvalue weighted by Gasteiger charge is 2.51. The van der Waals surface area contributed by atoms with Crippen LogP contribution in [0.25, 0.3) is 10.9 Å². The molecular weight excluding hydrogens is 538 g/mol. The second kappa shape index (κ2) is 10.7. The van der Waals surface area contributed by atoms with Gasteiger partial charge in [0.15, 0.2) is 0 Å². The lowest BCUT2D eigenvalue weighted by Crippen LogP contribution is -2.55. The molecule has 0 bridgehead atoms. The first-order chi connectivity index (χ1) is 20.0. The summed E-state index contributed by atoms with van der Waals surface area (Å²) in [5, 5.41) is 9.27. The van der Waals surface area contributed by atoms with E-state index in [2.05, 4.69) is 20.9 Å². The van der Waals surface area contributed by atoms with Crippen molar-refractivity contribution in [2.24, 2.45) is 17.8 Å². The summed E-state index contributed by atoms with van der Waals surface area (Å²) in [6.07, 6.45) is 4.82. The van der Waals surface area contributed by atoms with E-state index in [9.17, 15) is 24.0 Å². The topological polar surface area (TPSA) is 150 Å². The van der Waals surface area contributed by atoms with Gasteiger partial charge in [-0.1, -0.05) is 12.5 Å². The molecule has 2 aliphatic carbocycles. The molecule has 42 heavy (non-hydrogen) atoms. The van der Waals surface area contributed by atoms with E-state index in [1.54, 1.807) is 18.1 Å². The Kier molecular flexibility index (Phi) is 7.22. The number of Topliss-reactive ketones (excluding diaryl/α,β-unsaturated/α-hetero) is 1. The fourth-order valence-electron chi connectivity index (χ4n) is 7.23. The van der Waals surface area contributed by atoms with Crippen molar-refractivity contribution < 1.29 is 28.7 Å². The molecule has 11 nitrogen and oxygen atoms in total. The second-order valence-electron chi connectivity index (χ2n) is 13.0. The molecule has 1 aromatic heterocycles. The summed E-state index contributed by atoms with van der Waals surface area (Å²) in [5.74, 6) is -2.20. The molecule has 3 heterocycles. The predicted molar refractivity (Wildman–Crippen MR) is 154 cm³/mol. The number of benzene rings is 1. The van der Waals surface area contributed by atoms with Crippen LogP contribution in [-0.2, 0) is 19.2 Å². The zero-order chi connectivity index (χ0) is 29.8. The highest BCUT2D eigenvalue weighted by atomic mass is 16.5. The average molecular weight is 578 g/mol. The van der Waals surface area contributed by atoms with Crippen LogP contribution in [0.3, 0.4) is 0 Å². The van der Waals surface area contributed by atoms with E-state index >= 15 is 0 Å². The Balaban J connectivity index is 1.25. The number of ketones is 1. The van der Waals surface area contributed by atoms with Gasteiger partial charge in [-0.2, -0.15) is 0 Å². The van der Waals surface area contributed by atoms with Gasteiger partial charge in [-0.05, 0) is 82.4 Å². The van der Waals surface area contributed by atoms with Gasteiger partial charge < -0.3 is 30.6 Å². The fourth-order valence-corrected chi connectivity index (χ4v) is 7.23. The van der Waals surface area contributed by atoms with E-state index in [1.165, 1.54) is 0 Å². The number of rotatable bonds is 9. The van der Waals surface area contributed by atoms with Crippen molar-refractivity contribution in [2.75, 3.05) is 13.7 Å². The Hall–Kier alpha value is -3.89. The van der Waals surface area contributed by atoms with E-state index in [0.29, 0.717) is 24.4 Å². The molecule has 11 heteroatoms. The Morgan fingerprint density at radius 1 is 1.14 bits per heavy atom. The number of amides is 4. The molecular formula is C31H39N5O6. The van der Waals surface area contributed by atoms with Gasteiger partial charge in [-0.15, -0.1) is 0 Å². The number of likely N-dealkylation sites (tertiary alicyclic amines) is 1. The number of hydrogen-bond acceptors (Lipinski definition) is 6. The summed E-state index contributed by atoms with van der Waals surface area (Å²) in [5.41, 5.74) is 0.667. The molecule has 5 atom stereocenters. The molecule has 4 aliphatic rings. The number of nitrogens with zero attached hydrogens (tertiary/aromatic N) is 1. The minimum absolute atomic E-state index is 0.0223. The van der Waals surface area contributed by atoms with Crippen molar-refractivity contribution in [1.29, 1.82) is 0 Å². The molecule has 2 aromatic rings. The van der Waals surface area contributed by atoms with Gasteiger partial charge in [-0.3, -0.25) is 24.0 Å². The number of fused-ring (bicyclic) bond motifs is 2. The number of ether oxygens (including phenoxy) is 1. The molecule has 4 amide bonds. The summed E-state index contributed by atoms with van der Waals surface area (Å²) in [4.78, 5) is 71.6. The maximum absolute atomic E-state index is 14.0. The number of carbonyl (C=O) groups excluding carboxylic acids is 5. The number of aromatic nitrogens is 1. The van der Waals surface area contributed by atoms with E-state index in [0.717, 1.165) is 43.0 Å². The third-order valence-corrected chi connectivity index (χ3v) is 9.37. The van der Waals surface area contributed by atoms with Crippen molar-refractivity contribution in [2.45, 2.75) is 82.5 Å². The maximum atomic E-state index is 14.0. The molecule has 6 rings (SSSR count). The number of methoxy groups -OCH3 is 1. The van der Waals surface area contributed by atoms with Gasteiger partial charge in [0.2, 0.25) is 17.6 Å². The zero-order valence-corrected chi connectivity index (χ0v) is 24.3. The van der Waals surface area contributed by atoms with Crippen molar-refractivity contribution in [3.8, 4) is 5.75 Å². The Morgan fingerprint density at radius 3 is 2.62 bits per heavy atom. The van der Waals surface area contributed by atoms with Crippen LogP contribution < -0.4 is 20.7 Å². The van der Waals surface area contributed by atoms with Crippen LogP contribution >= 0.6 is 0 Å². The normalized spacial score (nSPS) is 26.9. The number of nitrogens with one attached hydrogen (secondary N) is 4. The minimum atomic E-state index is -1.17. The first kappa shape index (κ1) is 28.2. The van der Waals surface area contributed by atoms with Gasteiger partial charge in [0.1, 0.15) is 17.5 Å². The van der Waals surface area contributed by atoms with Gasteiger partial charge >= 0.3 is 0 Å². The predicted octanol–water partition coefficient (Wildman–Crippen LogP) is 2.05. The quantitative estimate of drug-likeness (QED) is 0.335. The average Bonchev–Trinajstić information content (AvgIpc) is 3.26. The van der Waals surface area contributed by atoms with Crippen LogP contribution in [0, 0.1) is 17.8 Å². The van der Waals surface area contributed by atoms with Crippen LogP contribution in [0.15, 0.2) is 24.3 Å². The van der Waals surface area contributed by atoms with Crippen molar-refractivity contribution in [3.05, 3.63) is 30.0 Å². The molecule has 0 spiro atoms. The first-order valence-electron chi connectivity index (χ1n) is 15.0. The second-order valence-corrected chi connectivity index (χ2v) is 13.0. The van der Waals surface area contributed by atoms with Crippen molar-refractivity contribution in [3.63, 3.8) is 0 Å². The highest BCUT2D eigenvalue weighted by Crippen LogP contribution is 2.43. The summed E-state index contributed by atoms with van der Waals surface area (Å²) in [7, 11) is 1.57. The van der Waals surface area contributed by atoms with E-state index < -0.39 is 41.1 Å². The lowest BCUT2D eigenvalue weighted by molar-refractivity contribution is -0.141. The van der Waals surface area contributed by atoms with Crippen LogP contribution in [0.2, 0.25) is 0 Å². The van der Waals surface area contributed by atoms with Crippen LogP contribution in [0.4, 0.5) is 0 Å². The van der Waals surface area contributed by atoms with Crippen LogP contribution in [0.1, 0.15) is 69.3 Å². The molecule has 2 saturated heterocycles. The molecule has 2 aliphatic heterocycles. The highest BCUT2D eigenvalue weighted by molar-refractivity contribution is 6.38. The third-order valence-electron chi connectivity index (χ3n) is 9.37. The smallest absolute Gasteiger partial charge is 0.289 e. The largest absolute Gasteiger partial charge is 0.496 e. The van der Waals surface area contributed by atoms with E-state index in [-0.39, 0.29) is 36.1 Å². The molecule has 4 fully saturated rings. The molecule has 4 N–H and O–H groups in total. The number of hydrogen-bond donors (Lipinski definition) is 4. The summed E-state index contributed by atoms with van der Waals surface area (Å²) >= 11 is 0. The first-order valence-corrected chi connectivity index (χ1v) is 15.0. The van der Waals surface area contributed by atoms with Crippen molar-refractivity contribution in [1.82, 2.24) is 25.8 Å².